The molecule has 82 valence electrons. The summed E-state index contributed by atoms with van der Waals surface area (Å²) in [6, 6.07) is 7.04. The first-order valence-electron chi connectivity index (χ1n) is 4.95. The number of carbonyl (C=O) groups is 1. The zero-order valence-electron chi connectivity index (χ0n) is 9.15. The lowest BCUT2D eigenvalue weighted by molar-refractivity contribution is 0.0996. The Hall–Kier alpha value is -2.10. The van der Waals surface area contributed by atoms with Gasteiger partial charge in [-0.05, 0) is 43.7 Å². The summed E-state index contributed by atoms with van der Waals surface area (Å²) in [5, 5.41) is 2.68. The molecule has 0 bridgehead atoms. The normalized spacial score (nSPS) is 10.1. The van der Waals surface area contributed by atoms with Gasteiger partial charge in [-0.15, -0.1) is 0 Å². The van der Waals surface area contributed by atoms with Crippen LogP contribution >= 0.6 is 0 Å². The zero-order chi connectivity index (χ0) is 11.5. The summed E-state index contributed by atoms with van der Waals surface area (Å²) < 4.78 is 4.99. The van der Waals surface area contributed by atoms with E-state index in [0.717, 1.165) is 11.3 Å². The van der Waals surface area contributed by atoms with Crippen molar-refractivity contribution in [3.05, 3.63) is 47.5 Å². The summed E-state index contributed by atoms with van der Waals surface area (Å²) >= 11 is 0. The summed E-state index contributed by atoms with van der Waals surface area (Å²) in [4.78, 5) is 15.9. The number of hydrogen-bond acceptors (Lipinski definition) is 3. The predicted molar refractivity (Wildman–Crippen MR) is 60.4 cm³/mol. The Kier molecular flexibility index (Phi) is 2.72. The minimum atomic E-state index is -0.289. The molecule has 2 aromatic heterocycles. The molecule has 0 saturated heterocycles. The number of rotatable bonds is 2. The van der Waals surface area contributed by atoms with Gasteiger partial charge in [-0.1, -0.05) is 0 Å². The average molecular weight is 216 g/mol. The quantitative estimate of drug-likeness (QED) is 0.839. The molecular weight excluding hydrogens is 204 g/mol. The van der Waals surface area contributed by atoms with Gasteiger partial charge in [0.15, 0.2) is 5.76 Å². The fraction of sp³-hybridized carbons (Fsp3) is 0.167. The Morgan fingerprint density at radius 3 is 2.81 bits per heavy atom. The molecule has 2 aromatic rings. The van der Waals surface area contributed by atoms with Gasteiger partial charge in [0.2, 0.25) is 0 Å². The number of pyridine rings is 1. The van der Waals surface area contributed by atoms with E-state index in [9.17, 15) is 4.79 Å². The van der Waals surface area contributed by atoms with Gasteiger partial charge in [-0.2, -0.15) is 0 Å². The molecule has 2 heterocycles. The number of furan rings is 1. The lowest BCUT2D eigenvalue weighted by Crippen LogP contribution is -2.12. The van der Waals surface area contributed by atoms with Crippen molar-refractivity contribution < 1.29 is 9.21 Å². The Morgan fingerprint density at radius 2 is 2.19 bits per heavy atom. The average Bonchev–Trinajstić information content (AvgIpc) is 2.68. The zero-order valence-corrected chi connectivity index (χ0v) is 9.15. The van der Waals surface area contributed by atoms with Crippen LogP contribution in [0.3, 0.4) is 0 Å². The third-order valence-corrected chi connectivity index (χ3v) is 2.08. The van der Waals surface area contributed by atoms with Crippen LogP contribution in [0.5, 0.6) is 0 Å². The molecule has 0 spiro atoms. The van der Waals surface area contributed by atoms with Crippen LogP contribution in [-0.2, 0) is 0 Å². The molecule has 0 fully saturated rings. The number of anilines is 1. The lowest BCUT2D eigenvalue weighted by atomic mass is 10.2. The van der Waals surface area contributed by atoms with Crippen molar-refractivity contribution in [3.63, 3.8) is 0 Å². The van der Waals surface area contributed by atoms with Gasteiger partial charge >= 0.3 is 0 Å². The van der Waals surface area contributed by atoms with Crippen molar-refractivity contribution in [3.8, 4) is 0 Å². The number of aromatic nitrogens is 1. The summed E-state index contributed by atoms with van der Waals surface area (Å²) in [5.41, 5.74) is 1.93. The van der Waals surface area contributed by atoms with Gasteiger partial charge in [0.05, 0.1) is 6.26 Å². The summed E-state index contributed by atoms with van der Waals surface area (Å²) in [5.74, 6) is 0.530. The molecule has 16 heavy (non-hydrogen) atoms. The molecule has 0 aliphatic carbocycles. The van der Waals surface area contributed by atoms with Gasteiger partial charge in [-0.3, -0.25) is 4.79 Å². The largest absolute Gasteiger partial charge is 0.459 e. The minimum absolute atomic E-state index is 0.279. The van der Waals surface area contributed by atoms with E-state index in [2.05, 4.69) is 10.3 Å². The monoisotopic (exact) mass is 216 g/mol. The third-order valence-electron chi connectivity index (χ3n) is 2.08. The van der Waals surface area contributed by atoms with E-state index in [-0.39, 0.29) is 11.7 Å². The number of hydrogen-bond donors (Lipinski definition) is 1. The van der Waals surface area contributed by atoms with Crippen LogP contribution in [0.1, 0.15) is 21.8 Å². The molecule has 0 aromatic carbocycles. The SMILES string of the molecule is Cc1cc(C)nc(NC(=O)c2ccco2)c1. The predicted octanol–water partition coefficient (Wildman–Crippen LogP) is 2.54. The van der Waals surface area contributed by atoms with Gasteiger partial charge < -0.3 is 9.73 Å². The molecule has 0 aliphatic heterocycles. The second kappa shape index (κ2) is 4.18. The standard InChI is InChI=1S/C12H12N2O2/c1-8-6-9(2)13-11(7-8)14-12(15)10-4-3-5-16-10/h3-7H,1-2H3,(H,13,14,15). The molecule has 0 saturated carbocycles. The second-order valence-electron chi connectivity index (χ2n) is 3.60. The first-order chi connectivity index (χ1) is 7.65. The van der Waals surface area contributed by atoms with Crippen molar-refractivity contribution in [1.82, 2.24) is 4.98 Å². The highest BCUT2D eigenvalue weighted by atomic mass is 16.3. The minimum Gasteiger partial charge on any atom is -0.459 e. The maximum atomic E-state index is 11.7. The van der Waals surface area contributed by atoms with E-state index in [4.69, 9.17) is 4.42 Å². The highest BCUT2D eigenvalue weighted by Gasteiger charge is 2.09. The molecule has 2 rings (SSSR count). The summed E-state index contributed by atoms with van der Waals surface area (Å²) in [6.07, 6.45) is 1.46. The molecular formula is C12H12N2O2. The van der Waals surface area contributed by atoms with Crippen LogP contribution in [0.2, 0.25) is 0 Å². The maximum absolute atomic E-state index is 11.7. The Morgan fingerprint density at radius 1 is 1.38 bits per heavy atom. The van der Waals surface area contributed by atoms with Crippen molar-refractivity contribution in [2.75, 3.05) is 5.32 Å². The highest BCUT2D eigenvalue weighted by Crippen LogP contribution is 2.10. The van der Waals surface area contributed by atoms with E-state index in [1.807, 2.05) is 26.0 Å². The van der Waals surface area contributed by atoms with E-state index in [1.54, 1.807) is 12.1 Å². The molecule has 4 heteroatoms. The first-order valence-corrected chi connectivity index (χ1v) is 4.95. The van der Waals surface area contributed by atoms with Crippen LogP contribution in [0.4, 0.5) is 5.82 Å². The number of amides is 1. The first kappa shape index (κ1) is 10.4. The van der Waals surface area contributed by atoms with Gasteiger partial charge in [0.1, 0.15) is 5.82 Å². The van der Waals surface area contributed by atoms with E-state index >= 15 is 0 Å². The van der Waals surface area contributed by atoms with E-state index in [0.29, 0.717) is 5.82 Å². The van der Waals surface area contributed by atoms with Crippen molar-refractivity contribution in [2.24, 2.45) is 0 Å². The molecule has 1 N–H and O–H groups in total. The van der Waals surface area contributed by atoms with Gasteiger partial charge in [0.25, 0.3) is 5.91 Å². The highest BCUT2D eigenvalue weighted by molar-refractivity contribution is 6.01. The van der Waals surface area contributed by atoms with E-state index in [1.165, 1.54) is 6.26 Å². The van der Waals surface area contributed by atoms with Crippen LogP contribution in [0.15, 0.2) is 34.9 Å². The Bertz CT molecular complexity index is 483. The Labute approximate surface area is 93.3 Å². The number of aryl methyl sites for hydroxylation is 2. The van der Waals surface area contributed by atoms with Crippen LogP contribution < -0.4 is 5.32 Å². The summed E-state index contributed by atoms with van der Waals surface area (Å²) in [6.45, 7) is 3.84. The number of nitrogens with one attached hydrogen (secondary N) is 1. The number of nitrogens with zero attached hydrogens (tertiary/aromatic N) is 1. The van der Waals surface area contributed by atoms with Crippen LogP contribution in [-0.4, -0.2) is 10.9 Å². The second-order valence-corrected chi connectivity index (χ2v) is 3.60. The van der Waals surface area contributed by atoms with E-state index < -0.39 is 0 Å². The smallest absolute Gasteiger partial charge is 0.292 e. The Balaban J connectivity index is 2.18. The molecule has 1 amide bonds. The molecule has 0 unspecified atom stereocenters. The van der Waals surface area contributed by atoms with Crippen molar-refractivity contribution in [2.45, 2.75) is 13.8 Å². The molecule has 4 nitrogen and oxygen atoms in total. The topological polar surface area (TPSA) is 55.1 Å². The third kappa shape index (κ3) is 2.28. The van der Waals surface area contributed by atoms with Crippen LogP contribution in [0.25, 0.3) is 0 Å². The maximum Gasteiger partial charge on any atom is 0.292 e. The molecule has 0 radical (unpaired) electrons. The molecule has 0 aliphatic rings. The summed E-state index contributed by atoms with van der Waals surface area (Å²) in [7, 11) is 0. The van der Waals surface area contributed by atoms with Gasteiger partial charge in [-0.25, -0.2) is 4.98 Å². The van der Waals surface area contributed by atoms with Crippen LogP contribution in [0, 0.1) is 13.8 Å². The fourth-order valence-corrected chi connectivity index (χ4v) is 1.49. The molecule has 0 atom stereocenters. The van der Waals surface area contributed by atoms with Gasteiger partial charge in [0, 0.05) is 5.69 Å². The van der Waals surface area contributed by atoms with Crippen molar-refractivity contribution >= 4 is 11.7 Å². The number of carbonyl (C=O) groups excluding carboxylic acids is 1. The fourth-order valence-electron chi connectivity index (χ4n) is 1.49. The lowest BCUT2D eigenvalue weighted by Gasteiger charge is -2.04. The van der Waals surface area contributed by atoms with Crippen molar-refractivity contribution in [1.29, 1.82) is 0 Å².